The van der Waals surface area contributed by atoms with Crippen LogP contribution in [0.4, 0.5) is 0 Å². The molecule has 1 heteroatoms. The molecule has 0 spiro atoms. The molecule has 2 aromatic carbocycles. The Balaban J connectivity index is 1.93. The number of benzene rings is 2. The molecule has 0 saturated heterocycles. The predicted molar refractivity (Wildman–Crippen MR) is 146 cm³/mol. The monoisotopic (exact) mass is 488 g/mol. The van der Waals surface area contributed by atoms with Gasteiger partial charge in [0.05, 0.1) is 0 Å². The van der Waals surface area contributed by atoms with Crippen LogP contribution in [-0.2, 0) is 16.6 Å². The van der Waals surface area contributed by atoms with Crippen molar-refractivity contribution in [3.63, 3.8) is 0 Å². The van der Waals surface area contributed by atoms with Gasteiger partial charge in [0.1, 0.15) is 0 Å². The van der Waals surface area contributed by atoms with Crippen LogP contribution in [0, 0.1) is 5.41 Å². The molecule has 180 valence electrons. The molecule has 5 rings (SSSR count). The third-order valence-electron chi connectivity index (χ3n) is 9.57. The molecule has 3 aliphatic rings. The second-order valence-electron chi connectivity index (χ2n) is 11.6. The summed E-state index contributed by atoms with van der Waals surface area (Å²) in [5.74, 6) is 0. The average molecular weight is 489 g/mol. The topological polar surface area (TPSA) is 0 Å². The van der Waals surface area contributed by atoms with Crippen molar-refractivity contribution in [3.8, 4) is 0 Å². The molecular formula is C33H44Ti. The average Bonchev–Trinajstić information content (AvgIpc) is 3.39. The Morgan fingerprint density at radius 1 is 0.647 bits per heavy atom. The Labute approximate surface area is 212 Å². The van der Waals surface area contributed by atoms with Crippen molar-refractivity contribution >= 4 is 11.1 Å². The summed E-state index contributed by atoms with van der Waals surface area (Å²) in [5.41, 5.74) is 13.8. The summed E-state index contributed by atoms with van der Waals surface area (Å²) in [6.45, 7) is 14.9. The minimum atomic E-state index is -2.56. The summed E-state index contributed by atoms with van der Waals surface area (Å²) < 4.78 is 4.49. The van der Waals surface area contributed by atoms with Crippen LogP contribution in [0.1, 0.15) is 111 Å². The summed E-state index contributed by atoms with van der Waals surface area (Å²) >= 11 is -2.56. The Morgan fingerprint density at radius 2 is 1.06 bits per heavy atom. The zero-order valence-corrected chi connectivity index (χ0v) is 24.0. The molecule has 0 N–H and O–H groups in total. The van der Waals surface area contributed by atoms with Crippen LogP contribution in [0.3, 0.4) is 0 Å². The standard InChI is InChI=1S/C25H26.2C4H9.Ti/c1-5-17-15-19-11-7-9-13-21(19)23(17)25(3,4)24-18(6-2)16-20-12-8-10-14-22(20)24;2*1-3-4-2;/h7-16H,5-6H2,1-4H3;2*1,3-4H2,2H3;. The van der Waals surface area contributed by atoms with Crippen LogP contribution in [0.5, 0.6) is 0 Å². The van der Waals surface area contributed by atoms with Crippen LogP contribution in [0.15, 0.2) is 59.7 Å². The van der Waals surface area contributed by atoms with E-state index in [9.17, 15) is 0 Å². The van der Waals surface area contributed by atoms with E-state index in [1.165, 1.54) is 48.0 Å². The van der Waals surface area contributed by atoms with Crippen LogP contribution in [-0.4, -0.2) is 0 Å². The van der Waals surface area contributed by atoms with Gasteiger partial charge in [0.15, 0.2) is 0 Å². The first-order valence-electron chi connectivity index (χ1n) is 14.1. The van der Waals surface area contributed by atoms with Gasteiger partial charge in [0.25, 0.3) is 0 Å². The number of allylic oxidation sites excluding steroid dienone is 4. The van der Waals surface area contributed by atoms with Crippen LogP contribution >= 0.6 is 0 Å². The van der Waals surface area contributed by atoms with Crippen molar-refractivity contribution in [3.05, 3.63) is 81.9 Å². The fourth-order valence-corrected chi connectivity index (χ4v) is 20.4. The van der Waals surface area contributed by atoms with Crippen molar-refractivity contribution in [1.29, 1.82) is 0 Å². The minimum absolute atomic E-state index is 0.0519. The molecule has 0 fully saturated rings. The molecule has 34 heavy (non-hydrogen) atoms. The number of hydrogen-bond acceptors (Lipinski definition) is 0. The van der Waals surface area contributed by atoms with Gasteiger partial charge in [0, 0.05) is 0 Å². The van der Waals surface area contributed by atoms with Gasteiger partial charge >= 0.3 is 213 Å². The van der Waals surface area contributed by atoms with E-state index in [2.05, 4.69) is 90.1 Å². The van der Waals surface area contributed by atoms with Gasteiger partial charge < -0.3 is 0 Å². The zero-order chi connectivity index (χ0) is 24.1. The normalized spacial score (nSPS) is 23.6. The molecule has 0 saturated carbocycles. The Hall–Kier alpha value is -1.37. The Morgan fingerprint density at radius 3 is 1.44 bits per heavy atom. The summed E-state index contributed by atoms with van der Waals surface area (Å²) in [4.78, 5) is 0. The maximum absolute atomic E-state index is 2.56. The molecule has 2 unspecified atom stereocenters. The molecule has 0 aromatic heterocycles. The van der Waals surface area contributed by atoms with Gasteiger partial charge in [-0.1, -0.05) is 0 Å². The van der Waals surface area contributed by atoms with Crippen LogP contribution in [0.2, 0.25) is 9.45 Å². The first-order chi connectivity index (χ1) is 16.5. The summed E-state index contributed by atoms with van der Waals surface area (Å²) in [6, 6.07) is 19.3. The number of hydrogen-bond donors (Lipinski definition) is 0. The fourth-order valence-electron chi connectivity index (χ4n) is 8.52. The zero-order valence-electron chi connectivity index (χ0n) is 22.4. The van der Waals surface area contributed by atoms with Gasteiger partial charge in [-0.3, -0.25) is 0 Å². The quantitative estimate of drug-likeness (QED) is 0.324. The van der Waals surface area contributed by atoms with E-state index in [0.29, 0.717) is 0 Å². The van der Waals surface area contributed by atoms with E-state index < -0.39 is 16.6 Å². The van der Waals surface area contributed by atoms with E-state index in [1.807, 2.05) is 11.1 Å². The second kappa shape index (κ2) is 9.26. The molecule has 2 aliphatic carbocycles. The van der Waals surface area contributed by atoms with Gasteiger partial charge in [-0.05, 0) is 0 Å². The van der Waals surface area contributed by atoms with Gasteiger partial charge in [-0.15, -0.1) is 0 Å². The molecule has 1 heterocycles. The number of unbranched alkanes of at least 4 members (excludes halogenated alkanes) is 2. The molecule has 1 aliphatic heterocycles. The molecule has 2 aromatic rings. The Bertz CT molecular complexity index is 1060. The van der Waals surface area contributed by atoms with Crippen LogP contribution in [0.25, 0.3) is 11.1 Å². The predicted octanol–water partition coefficient (Wildman–Crippen LogP) is 10.5. The number of rotatable bonds is 8. The van der Waals surface area contributed by atoms with Crippen molar-refractivity contribution in [1.82, 2.24) is 0 Å². The fraction of sp³-hybridized carbons (Fsp3) is 0.515. The van der Waals surface area contributed by atoms with Crippen LogP contribution < -0.4 is 0 Å². The maximum atomic E-state index is 2.55. The molecule has 0 amide bonds. The van der Waals surface area contributed by atoms with E-state index in [0.717, 1.165) is 8.45 Å². The van der Waals surface area contributed by atoms with Gasteiger partial charge in [0.2, 0.25) is 0 Å². The summed E-state index contributed by atoms with van der Waals surface area (Å²) in [6.07, 6.45) is 7.88. The van der Waals surface area contributed by atoms with Crippen molar-refractivity contribution in [2.24, 2.45) is 5.41 Å². The van der Waals surface area contributed by atoms with E-state index in [4.69, 9.17) is 0 Å². The summed E-state index contributed by atoms with van der Waals surface area (Å²) in [7, 11) is 0. The van der Waals surface area contributed by atoms with Gasteiger partial charge in [-0.25, -0.2) is 0 Å². The first kappa shape index (κ1) is 24.3. The van der Waals surface area contributed by atoms with Crippen molar-refractivity contribution in [2.45, 2.75) is 98.0 Å². The molecular weight excluding hydrogens is 444 g/mol. The second-order valence-corrected chi connectivity index (χ2v) is 18.8. The van der Waals surface area contributed by atoms with E-state index in [-0.39, 0.29) is 5.41 Å². The third kappa shape index (κ3) is 3.28. The first-order valence-corrected chi connectivity index (χ1v) is 18.1. The van der Waals surface area contributed by atoms with Crippen molar-refractivity contribution < 1.29 is 16.6 Å². The number of fused-ring (bicyclic) bond motifs is 8. The van der Waals surface area contributed by atoms with E-state index >= 15 is 0 Å². The van der Waals surface area contributed by atoms with E-state index in [1.54, 1.807) is 33.4 Å². The summed E-state index contributed by atoms with van der Waals surface area (Å²) in [5, 5.41) is 0. The molecule has 0 radical (unpaired) electrons. The Kier molecular flexibility index (Phi) is 6.62. The molecule has 0 nitrogen and oxygen atoms in total. The van der Waals surface area contributed by atoms with Gasteiger partial charge in [-0.2, -0.15) is 0 Å². The molecule has 2 atom stereocenters. The molecule has 4 bridgehead atoms. The third-order valence-corrected chi connectivity index (χ3v) is 19.2. The van der Waals surface area contributed by atoms with Crippen molar-refractivity contribution in [2.75, 3.05) is 0 Å². The SMILES string of the molecule is CCC[CH2][Ti]1([CH2]CCC)[CH]2C(CC)=C(c3ccccc32)C(C)(C)C2=C(CC)[CH]1c1ccccc12.